The fraction of sp³-hybridized carbons (Fsp3) is 0.125. The third-order valence-electron chi connectivity index (χ3n) is 3.07. The second kappa shape index (κ2) is 8.04. The highest BCUT2D eigenvalue weighted by molar-refractivity contribution is 9.10. The molecule has 1 aromatic carbocycles. The van der Waals surface area contributed by atoms with Crippen LogP contribution in [-0.4, -0.2) is 28.6 Å². The molecule has 0 unspecified atom stereocenters. The summed E-state index contributed by atoms with van der Waals surface area (Å²) < 4.78 is 10.9. The maximum absolute atomic E-state index is 11.9. The molecule has 9 heteroatoms. The molecule has 25 heavy (non-hydrogen) atoms. The number of thiophene rings is 1. The van der Waals surface area contributed by atoms with Crippen molar-refractivity contribution >= 4 is 39.1 Å². The SMILES string of the molecule is O=C(CNC(=O)c1ccc(Br)cc1)OCc1nc(-c2cccs2)no1. The van der Waals surface area contributed by atoms with E-state index >= 15 is 0 Å². The van der Waals surface area contributed by atoms with Gasteiger partial charge in [0.25, 0.3) is 11.8 Å². The molecule has 0 radical (unpaired) electrons. The van der Waals surface area contributed by atoms with Crippen molar-refractivity contribution in [3.63, 3.8) is 0 Å². The van der Waals surface area contributed by atoms with Crippen molar-refractivity contribution < 1.29 is 18.8 Å². The average molecular weight is 422 g/mol. The monoisotopic (exact) mass is 421 g/mol. The Morgan fingerprint density at radius 2 is 2.04 bits per heavy atom. The van der Waals surface area contributed by atoms with Gasteiger partial charge in [-0.3, -0.25) is 9.59 Å². The molecule has 0 bridgehead atoms. The summed E-state index contributed by atoms with van der Waals surface area (Å²) in [6, 6.07) is 10.5. The molecule has 2 aromatic heterocycles. The van der Waals surface area contributed by atoms with Crippen LogP contribution in [-0.2, 0) is 16.1 Å². The maximum Gasteiger partial charge on any atom is 0.325 e. The fourth-order valence-electron chi connectivity index (χ4n) is 1.87. The largest absolute Gasteiger partial charge is 0.454 e. The standard InChI is InChI=1S/C16H12BrN3O4S/c17-11-5-3-10(4-6-11)16(22)18-8-14(21)23-9-13-19-15(20-24-13)12-2-1-7-25-12/h1-7H,8-9H2,(H,18,22). The molecule has 3 rings (SSSR count). The van der Waals surface area contributed by atoms with E-state index in [2.05, 4.69) is 31.4 Å². The number of nitrogens with zero attached hydrogens (tertiary/aromatic N) is 2. The van der Waals surface area contributed by atoms with E-state index in [0.717, 1.165) is 9.35 Å². The molecule has 0 aliphatic heterocycles. The molecule has 3 aromatic rings. The first kappa shape index (κ1) is 17.3. The van der Waals surface area contributed by atoms with E-state index in [1.165, 1.54) is 11.3 Å². The fourth-order valence-corrected chi connectivity index (χ4v) is 2.78. The number of rotatable bonds is 6. The number of amides is 1. The van der Waals surface area contributed by atoms with Gasteiger partial charge in [0.05, 0.1) is 4.88 Å². The second-order valence-electron chi connectivity index (χ2n) is 4.84. The quantitative estimate of drug-likeness (QED) is 0.614. The molecular weight excluding hydrogens is 410 g/mol. The first-order valence-electron chi connectivity index (χ1n) is 7.17. The zero-order valence-corrected chi connectivity index (χ0v) is 15.2. The smallest absolute Gasteiger partial charge is 0.325 e. The summed E-state index contributed by atoms with van der Waals surface area (Å²) in [7, 11) is 0. The molecule has 2 heterocycles. The van der Waals surface area contributed by atoms with Gasteiger partial charge in [-0.05, 0) is 35.7 Å². The van der Waals surface area contributed by atoms with Gasteiger partial charge in [-0.15, -0.1) is 11.3 Å². The lowest BCUT2D eigenvalue weighted by Gasteiger charge is -2.05. The van der Waals surface area contributed by atoms with Gasteiger partial charge in [-0.2, -0.15) is 4.98 Å². The number of nitrogens with one attached hydrogen (secondary N) is 1. The minimum absolute atomic E-state index is 0.147. The number of aromatic nitrogens is 2. The molecule has 1 N–H and O–H groups in total. The van der Waals surface area contributed by atoms with Gasteiger partial charge in [0.1, 0.15) is 6.54 Å². The van der Waals surface area contributed by atoms with Crippen LogP contribution in [0.3, 0.4) is 0 Å². The molecular formula is C16H12BrN3O4S. The normalized spacial score (nSPS) is 10.4. The Balaban J connectivity index is 1.45. The molecule has 7 nitrogen and oxygen atoms in total. The molecule has 0 aliphatic rings. The zero-order chi connectivity index (χ0) is 17.6. The number of esters is 1. The molecule has 1 amide bonds. The van der Waals surface area contributed by atoms with E-state index in [1.807, 2.05) is 17.5 Å². The van der Waals surface area contributed by atoms with Gasteiger partial charge in [-0.1, -0.05) is 27.2 Å². The van der Waals surface area contributed by atoms with Crippen LogP contribution in [0.4, 0.5) is 0 Å². The highest BCUT2D eigenvalue weighted by Gasteiger charge is 2.13. The first-order chi connectivity index (χ1) is 12.1. The second-order valence-corrected chi connectivity index (χ2v) is 6.70. The summed E-state index contributed by atoms with van der Waals surface area (Å²) in [5.74, 6) is -0.316. The van der Waals surface area contributed by atoms with Crippen LogP contribution in [0.15, 0.2) is 50.8 Å². The van der Waals surface area contributed by atoms with E-state index in [9.17, 15) is 9.59 Å². The number of halogens is 1. The van der Waals surface area contributed by atoms with Crippen LogP contribution < -0.4 is 5.32 Å². The predicted molar refractivity (Wildman–Crippen MR) is 93.9 cm³/mol. The number of ether oxygens (including phenoxy) is 1. The number of hydrogen-bond acceptors (Lipinski definition) is 7. The Labute approximate surface area is 155 Å². The average Bonchev–Trinajstić information content (AvgIpc) is 3.29. The third-order valence-corrected chi connectivity index (χ3v) is 4.46. The van der Waals surface area contributed by atoms with Gasteiger partial charge in [0, 0.05) is 10.0 Å². The van der Waals surface area contributed by atoms with E-state index in [-0.39, 0.29) is 24.9 Å². The number of carbonyl (C=O) groups is 2. The van der Waals surface area contributed by atoms with Crippen molar-refractivity contribution in [2.24, 2.45) is 0 Å². The Hall–Kier alpha value is -2.52. The minimum Gasteiger partial charge on any atom is -0.454 e. The van der Waals surface area contributed by atoms with Gasteiger partial charge in [-0.25, -0.2) is 0 Å². The van der Waals surface area contributed by atoms with Crippen LogP contribution in [0, 0.1) is 0 Å². The molecule has 0 spiro atoms. The van der Waals surface area contributed by atoms with E-state index in [0.29, 0.717) is 11.4 Å². The summed E-state index contributed by atoms with van der Waals surface area (Å²) >= 11 is 4.77. The first-order valence-corrected chi connectivity index (χ1v) is 8.85. The predicted octanol–water partition coefficient (Wildman–Crippen LogP) is 3.03. The molecule has 0 saturated heterocycles. The van der Waals surface area contributed by atoms with E-state index in [4.69, 9.17) is 9.26 Å². The molecule has 0 atom stereocenters. The topological polar surface area (TPSA) is 94.3 Å². The van der Waals surface area contributed by atoms with Crippen LogP contribution >= 0.6 is 27.3 Å². The molecule has 0 saturated carbocycles. The van der Waals surface area contributed by atoms with Crippen LogP contribution in [0.25, 0.3) is 10.7 Å². The Morgan fingerprint density at radius 1 is 1.24 bits per heavy atom. The number of hydrogen-bond donors (Lipinski definition) is 1. The van der Waals surface area contributed by atoms with E-state index < -0.39 is 5.97 Å². The van der Waals surface area contributed by atoms with Crippen LogP contribution in [0.5, 0.6) is 0 Å². The Bertz CT molecular complexity index is 862. The van der Waals surface area contributed by atoms with Gasteiger partial charge in [0.2, 0.25) is 5.82 Å². The maximum atomic E-state index is 11.9. The summed E-state index contributed by atoms with van der Waals surface area (Å²) in [4.78, 5) is 28.6. The minimum atomic E-state index is -0.596. The van der Waals surface area contributed by atoms with Crippen molar-refractivity contribution in [3.05, 3.63) is 57.7 Å². The lowest BCUT2D eigenvalue weighted by Crippen LogP contribution is -2.30. The number of carbonyl (C=O) groups excluding carboxylic acids is 2. The van der Waals surface area contributed by atoms with Crippen LogP contribution in [0.2, 0.25) is 0 Å². The van der Waals surface area contributed by atoms with Crippen molar-refractivity contribution in [2.75, 3.05) is 6.54 Å². The lowest BCUT2D eigenvalue weighted by molar-refractivity contribution is -0.144. The Kier molecular flexibility index (Phi) is 5.56. The third kappa shape index (κ3) is 4.74. The molecule has 0 aliphatic carbocycles. The summed E-state index contributed by atoms with van der Waals surface area (Å²) in [6.07, 6.45) is 0. The van der Waals surface area contributed by atoms with Gasteiger partial charge in [0.15, 0.2) is 6.61 Å². The lowest BCUT2D eigenvalue weighted by atomic mass is 10.2. The summed E-state index contributed by atoms with van der Waals surface area (Å²) in [5, 5.41) is 8.21. The molecule has 0 fully saturated rings. The highest BCUT2D eigenvalue weighted by atomic mass is 79.9. The number of benzene rings is 1. The zero-order valence-electron chi connectivity index (χ0n) is 12.8. The van der Waals surface area contributed by atoms with Crippen molar-refractivity contribution in [2.45, 2.75) is 6.61 Å². The summed E-state index contributed by atoms with van der Waals surface area (Å²) in [6.45, 7) is -0.397. The van der Waals surface area contributed by atoms with Crippen molar-refractivity contribution in [1.29, 1.82) is 0 Å². The molecule has 128 valence electrons. The van der Waals surface area contributed by atoms with Gasteiger partial charge < -0.3 is 14.6 Å². The van der Waals surface area contributed by atoms with Crippen LogP contribution in [0.1, 0.15) is 16.2 Å². The Morgan fingerprint density at radius 3 is 2.76 bits per heavy atom. The van der Waals surface area contributed by atoms with Gasteiger partial charge >= 0.3 is 5.97 Å². The van der Waals surface area contributed by atoms with Crippen molar-refractivity contribution in [3.8, 4) is 10.7 Å². The van der Waals surface area contributed by atoms with Crippen molar-refractivity contribution in [1.82, 2.24) is 15.5 Å². The van der Waals surface area contributed by atoms with E-state index in [1.54, 1.807) is 24.3 Å². The summed E-state index contributed by atoms with van der Waals surface area (Å²) in [5.41, 5.74) is 0.452. The highest BCUT2D eigenvalue weighted by Crippen LogP contribution is 2.21.